The monoisotopic (exact) mass is 312 g/mol. The second kappa shape index (κ2) is 6.96. The average Bonchev–Trinajstić information content (AvgIpc) is 2.61. The Hall–Kier alpha value is -2.14. The molecule has 1 aromatic heterocycles. The average molecular weight is 312 g/mol. The molecule has 1 aliphatic heterocycles. The van der Waals surface area contributed by atoms with E-state index in [-0.39, 0.29) is 12.0 Å². The molecule has 0 bridgehead atoms. The van der Waals surface area contributed by atoms with Gasteiger partial charge < -0.3 is 15.7 Å². The molecule has 1 atom stereocenters. The molecular formula is C18H24N4O. The first-order chi connectivity index (χ1) is 11.2. The molecule has 5 nitrogen and oxygen atoms in total. The van der Waals surface area contributed by atoms with Gasteiger partial charge in [0.05, 0.1) is 6.61 Å². The molecule has 0 aliphatic carbocycles. The Labute approximate surface area is 137 Å². The second-order valence-electron chi connectivity index (χ2n) is 6.45. The zero-order valence-corrected chi connectivity index (χ0v) is 13.4. The lowest BCUT2D eigenvalue weighted by atomic mass is 9.76. The third-order valence-corrected chi connectivity index (χ3v) is 4.73. The summed E-state index contributed by atoms with van der Waals surface area (Å²) in [5, 5.41) is 10.0. The van der Waals surface area contributed by atoms with E-state index in [9.17, 15) is 5.11 Å². The zero-order valence-electron chi connectivity index (χ0n) is 13.4. The van der Waals surface area contributed by atoms with Crippen LogP contribution < -0.4 is 10.6 Å². The summed E-state index contributed by atoms with van der Waals surface area (Å²) >= 11 is 0. The molecule has 0 unspecified atom stereocenters. The maximum absolute atomic E-state index is 10.0. The highest BCUT2D eigenvalue weighted by molar-refractivity contribution is 5.38. The Bertz CT molecular complexity index is 634. The summed E-state index contributed by atoms with van der Waals surface area (Å²) in [5.41, 5.74) is 6.99. The minimum atomic E-state index is -0.0952. The van der Waals surface area contributed by atoms with E-state index in [1.54, 1.807) is 12.3 Å². The summed E-state index contributed by atoms with van der Waals surface area (Å²) < 4.78 is 0. The number of aromatic nitrogens is 2. The van der Waals surface area contributed by atoms with Gasteiger partial charge in [-0.25, -0.2) is 4.98 Å². The van der Waals surface area contributed by atoms with Crippen molar-refractivity contribution < 1.29 is 5.11 Å². The summed E-state index contributed by atoms with van der Waals surface area (Å²) in [6.45, 7) is 1.88. The van der Waals surface area contributed by atoms with Crippen LogP contribution in [0.15, 0.2) is 42.6 Å². The van der Waals surface area contributed by atoms with Gasteiger partial charge in [-0.1, -0.05) is 30.3 Å². The van der Waals surface area contributed by atoms with Gasteiger partial charge in [-0.3, -0.25) is 0 Å². The van der Waals surface area contributed by atoms with Crippen LogP contribution in [0.25, 0.3) is 0 Å². The summed E-state index contributed by atoms with van der Waals surface area (Å²) in [5.74, 6) is 1.15. The summed E-state index contributed by atoms with van der Waals surface area (Å²) in [7, 11) is 0. The maximum atomic E-state index is 10.0. The predicted molar refractivity (Wildman–Crippen MR) is 92.2 cm³/mol. The van der Waals surface area contributed by atoms with Crippen LogP contribution in [-0.2, 0) is 6.42 Å². The van der Waals surface area contributed by atoms with Crippen molar-refractivity contribution in [3.05, 3.63) is 48.2 Å². The first kappa shape index (κ1) is 15.7. The lowest BCUT2D eigenvalue weighted by molar-refractivity contribution is 0.0960. The van der Waals surface area contributed by atoms with Crippen molar-refractivity contribution in [2.75, 3.05) is 30.3 Å². The van der Waals surface area contributed by atoms with Crippen LogP contribution in [0.4, 0.5) is 11.8 Å². The van der Waals surface area contributed by atoms with Crippen LogP contribution in [0.2, 0.25) is 0 Å². The van der Waals surface area contributed by atoms with E-state index in [1.165, 1.54) is 5.56 Å². The normalized spacial score (nSPS) is 21.3. The summed E-state index contributed by atoms with van der Waals surface area (Å²) in [6.07, 6.45) is 5.71. The highest BCUT2D eigenvalue weighted by Crippen LogP contribution is 2.35. The third kappa shape index (κ3) is 3.79. The quantitative estimate of drug-likeness (QED) is 0.886. The zero-order chi connectivity index (χ0) is 16.1. The number of aryl methyl sites for hydroxylation is 1. The van der Waals surface area contributed by atoms with Crippen molar-refractivity contribution in [1.29, 1.82) is 0 Å². The molecule has 23 heavy (non-hydrogen) atoms. The van der Waals surface area contributed by atoms with Gasteiger partial charge in [-0.2, -0.15) is 4.98 Å². The highest BCUT2D eigenvalue weighted by atomic mass is 16.3. The molecule has 3 N–H and O–H groups in total. The minimum absolute atomic E-state index is 0.0952. The first-order valence-corrected chi connectivity index (χ1v) is 8.19. The molecule has 3 rings (SSSR count). The lowest BCUT2D eigenvalue weighted by Crippen LogP contribution is -2.46. The minimum Gasteiger partial charge on any atom is -0.396 e. The fraction of sp³-hybridized carbons (Fsp3) is 0.444. The Kier molecular flexibility index (Phi) is 4.76. The number of piperidine rings is 1. The standard InChI is InChI=1S/C18H24N4O/c19-16-8-11-20-17(21-16)22-12-4-9-18(13-22,14-23)10-7-15-5-2-1-3-6-15/h1-3,5-6,8,11,23H,4,7,9-10,12-14H2,(H2,19,20,21)/t18-/m0/s1. The SMILES string of the molecule is Nc1ccnc(N2CCC[C@](CO)(CCc3ccccc3)C2)n1. The van der Waals surface area contributed by atoms with Gasteiger partial charge in [0.1, 0.15) is 5.82 Å². The molecule has 2 aromatic rings. The number of rotatable bonds is 5. The predicted octanol–water partition coefficient (Wildman–Crippen LogP) is 2.27. The number of hydrogen-bond donors (Lipinski definition) is 2. The summed E-state index contributed by atoms with van der Waals surface area (Å²) in [6, 6.07) is 12.1. The number of nitrogens with two attached hydrogens (primary N) is 1. The smallest absolute Gasteiger partial charge is 0.227 e. The molecule has 1 fully saturated rings. The number of aliphatic hydroxyl groups is 1. The van der Waals surface area contributed by atoms with Crippen molar-refractivity contribution in [1.82, 2.24) is 9.97 Å². The van der Waals surface area contributed by atoms with E-state index in [0.717, 1.165) is 38.8 Å². The van der Waals surface area contributed by atoms with Crippen LogP contribution in [0.3, 0.4) is 0 Å². The molecular weight excluding hydrogens is 288 g/mol. The van der Waals surface area contributed by atoms with Gasteiger partial charge in [0.2, 0.25) is 5.95 Å². The van der Waals surface area contributed by atoms with Crippen LogP contribution in [0, 0.1) is 5.41 Å². The Morgan fingerprint density at radius 2 is 2.04 bits per heavy atom. The fourth-order valence-electron chi connectivity index (χ4n) is 3.36. The van der Waals surface area contributed by atoms with Crippen LogP contribution in [0.5, 0.6) is 0 Å². The number of aliphatic hydroxyl groups excluding tert-OH is 1. The van der Waals surface area contributed by atoms with Gasteiger partial charge in [0, 0.05) is 24.7 Å². The Balaban J connectivity index is 1.71. The van der Waals surface area contributed by atoms with Crippen LogP contribution in [-0.4, -0.2) is 34.8 Å². The fourth-order valence-corrected chi connectivity index (χ4v) is 3.36. The third-order valence-electron chi connectivity index (χ3n) is 4.73. The largest absolute Gasteiger partial charge is 0.396 e. The van der Waals surface area contributed by atoms with Crippen LogP contribution in [0.1, 0.15) is 24.8 Å². The van der Waals surface area contributed by atoms with Gasteiger partial charge in [-0.05, 0) is 37.3 Å². The van der Waals surface area contributed by atoms with E-state index in [1.807, 2.05) is 6.07 Å². The van der Waals surface area contributed by atoms with E-state index in [2.05, 4.69) is 39.1 Å². The van der Waals surface area contributed by atoms with Crippen LogP contribution >= 0.6 is 0 Å². The van der Waals surface area contributed by atoms with Gasteiger partial charge in [0.25, 0.3) is 0 Å². The van der Waals surface area contributed by atoms with Crippen molar-refractivity contribution in [3.63, 3.8) is 0 Å². The molecule has 0 radical (unpaired) electrons. The molecule has 0 saturated carbocycles. The molecule has 122 valence electrons. The topological polar surface area (TPSA) is 75.3 Å². The van der Waals surface area contributed by atoms with Crippen molar-refractivity contribution >= 4 is 11.8 Å². The van der Waals surface area contributed by atoms with E-state index >= 15 is 0 Å². The molecule has 1 aromatic carbocycles. The van der Waals surface area contributed by atoms with Crippen molar-refractivity contribution in [3.8, 4) is 0 Å². The number of hydrogen-bond acceptors (Lipinski definition) is 5. The molecule has 0 spiro atoms. The number of nitrogens with zero attached hydrogens (tertiary/aromatic N) is 3. The highest BCUT2D eigenvalue weighted by Gasteiger charge is 2.35. The van der Waals surface area contributed by atoms with Gasteiger partial charge in [0.15, 0.2) is 0 Å². The molecule has 1 saturated heterocycles. The van der Waals surface area contributed by atoms with Gasteiger partial charge >= 0.3 is 0 Å². The molecule has 1 aliphatic rings. The Morgan fingerprint density at radius 3 is 2.78 bits per heavy atom. The molecule has 2 heterocycles. The second-order valence-corrected chi connectivity index (χ2v) is 6.45. The maximum Gasteiger partial charge on any atom is 0.227 e. The van der Waals surface area contributed by atoms with E-state index in [4.69, 9.17) is 5.73 Å². The first-order valence-electron chi connectivity index (χ1n) is 8.19. The number of benzene rings is 1. The summed E-state index contributed by atoms with van der Waals surface area (Å²) in [4.78, 5) is 10.8. The molecule has 5 heteroatoms. The van der Waals surface area contributed by atoms with Crippen molar-refractivity contribution in [2.45, 2.75) is 25.7 Å². The van der Waals surface area contributed by atoms with E-state index in [0.29, 0.717) is 11.8 Å². The Morgan fingerprint density at radius 1 is 1.22 bits per heavy atom. The number of nitrogen functional groups attached to an aromatic ring is 1. The lowest BCUT2D eigenvalue weighted by Gasteiger charge is -2.42. The van der Waals surface area contributed by atoms with Gasteiger partial charge in [-0.15, -0.1) is 0 Å². The number of anilines is 2. The molecule has 0 amide bonds. The van der Waals surface area contributed by atoms with E-state index < -0.39 is 0 Å². The van der Waals surface area contributed by atoms with Crippen molar-refractivity contribution in [2.24, 2.45) is 5.41 Å².